The van der Waals surface area contributed by atoms with Crippen LogP contribution < -0.4 is 10.4 Å². The van der Waals surface area contributed by atoms with E-state index in [9.17, 15) is 9.59 Å². The number of benzene rings is 1. The van der Waals surface area contributed by atoms with Crippen molar-refractivity contribution < 1.29 is 14.4 Å². The van der Waals surface area contributed by atoms with Crippen molar-refractivity contribution in [1.29, 1.82) is 0 Å². The zero-order valence-corrected chi connectivity index (χ0v) is 9.38. The molecule has 0 aromatic heterocycles. The lowest BCUT2D eigenvalue weighted by Gasteiger charge is -2.25. The van der Waals surface area contributed by atoms with E-state index in [0.717, 1.165) is 5.06 Å². The summed E-state index contributed by atoms with van der Waals surface area (Å²) in [6.45, 7) is -0.216. The van der Waals surface area contributed by atoms with E-state index in [2.05, 4.69) is 5.32 Å². The van der Waals surface area contributed by atoms with Gasteiger partial charge in [0.25, 0.3) is 5.91 Å². The molecule has 0 aliphatic carbocycles. The van der Waals surface area contributed by atoms with Crippen LogP contribution in [-0.2, 0) is 9.63 Å². The molecule has 1 aromatic rings. The predicted molar refractivity (Wildman–Crippen MR) is 58.4 cm³/mol. The number of carbonyl (C=O) groups is 2. The number of hydroxylamine groups is 1. The van der Waals surface area contributed by atoms with Gasteiger partial charge in [-0.3, -0.25) is 14.9 Å². The summed E-state index contributed by atoms with van der Waals surface area (Å²) in [5, 5.41) is 3.73. The third kappa shape index (κ3) is 2.11. The van der Waals surface area contributed by atoms with Gasteiger partial charge in [-0.25, -0.2) is 4.79 Å². The normalized spacial score (nSPS) is 16.2. The highest BCUT2D eigenvalue weighted by molar-refractivity contribution is 6.42. The molecular formula is C9H6Cl2N2O3. The van der Waals surface area contributed by atoms with Gasteiger partial charge in [0, 0.05) is 0 Å². The van der Waals surface area contributed by atoms with Gasteiger partial charge in [0.15, 0.2) is 6.61 Å². The van der Waals surface area contributed by atoms with Crippen LogP contribution in [-0.4, -0.2) is 18.5 Å². The smallest absolute Gasteiger partial charge is 0.274 e. The van der Waals surface area contributed by atoms with Crippen LogP contribution in [0.25, 0.3) is 0 Å². The van der Waals surface area contributed by atoms with Gasteiger partial charge < -0.3 is 0 Å². The summed E-state index contributed by atoms with van der Waals surface area (Å²) in [5.41, 5.74) is 0.402. The van der Waals surface area contributed by atoms with E-state index in [1.54, 1.807) is 6.07 Å². The van der Waals surface area contributed by atoms with Gasteiger partial charge in [0.05, 0.1) is 15.7 Å². The maximum absolute atomic E-state index is 11.4. The first kappa shape index (κ1) is 11.2. The second-order valence-corrected chi connectivity index (χ2v) is 3.83. The van der Waals surface area contributed by atoms with E-state index >= 15 is 0 Å². The fourth-order valence-corrected chi connectivity index (χ4v) is 1.48. The third-order valence-electron chi connectivity index (χ3n) is 1.89. The lowest BCUT2D eigenvalue weighted by atomic mass is 10.3. The van der Waals surface area contributed by atoms with Crippen molar-refractivity contribution in [2.24, 2.45) is 0 Å². The van der Waals surface area contributed by atoms with Crippen molar-refractivity contribution in [2.45, 2.75) is 0 Å². The van der Waals surface area contributed by atoms with Gasteiger partial charge in [-0.15, -0.1) is 0 Å². The van der Waals surface area contributed by atoms with Crippen molar-refractivity contribution in [2.75, 3.05) is 11.7 Å². The minimum Gasteiger partial charge on any atom is -0.274 e. The average molecular weight is 261 g/mol. The topological polar surface area (TPSA) is 58.6 Å². The van der Waals surface area contributed by atoms with Crippen molar-refractivity contribution >= 4 is 40.8 Å². The zero-order valence-electron chi connectivity index (χ0n) is 7.87. The summed E-state index contributed by atoms with van der Waals surface area (Å²) in [6, 6.07) is 3.91. The van der Waals surface area contributed by atoms with Gasteiger partial charge in [0.1, 0.15) is 0 Å². The van der Waals surface area contributed by atoms with Crippen LogP contribution in [0, 0.1) is 0 Å². The molecule has 16 heavy (non-hydrogen) atoms. The minimum atomic E-state index is -0.658. The minimum absolute atomic E-state index is 0.216. The highest BCUT2D eigenvalue weighted by Crippen LogP contribution is 2.27. The van der Waals surface area contributed by atoms with E-state index in [-0.39, 0.29) is 6.61 Å². The number of urea groups is 1. The highest BCUT2D eigenvalue weighted by atomic mass is 35.5. The molecule has 1 aliphatic heterocycles. The highest BCUT2D eigenvalue weighted by Gasteiger charge is 2.25. The molecule has 0 spiro atoms. The van der Waals surface area contributed by atoms with Gasteiger partial charge in [0.2, 0.25) is 0 Å². The Bertz CT molecular complexity index is 464. The molecule has 1 N–H and O–H groups in total. The Kier molecular flexibility index (Phi) is 3.00. The maximum atomic E-state index is 11.4. The van der Waals surface area contributed by atoms with E-state index in [1.807, 2.05) is 0 Å². The quantitative estimate of drug-likeness (QED) is 0.840. The van der Waals surface area contributed by atoms with Gasteiger partial charge >= 0.3 is 6.03 Å². The molecule has 1 aromatic carbocycles. The van der Waals surface area contributed by atoms with Crippen molar-refractivity contribution in [3.05, 3.63) is 28.2 Å². The van der Waals surface area contributed by atoms with E-state index in [0.29, 0.717) is 15.7 Å². The van der Waals surface area contributed by atoms with Crippen molar-refractivity contribution in [3.8, 4) is 0 Å². The summed E-state index contributed by atoms with van der Waals surface area (Å²) in [7, 11) is 0. The van der Waals surface area contributed by atoms with Crippen LogP contribution in [0.3, 0.4) is 0 Å². The number of hydrogen-bond donors (Lipinski definition) is 1. The van der Waals surface area contributed by atoms with E-state index in [4.69, 9.17) is 28.0 Å². The lowest BCUT2D eigenvalue weighted by Crippen LogP contribution is -2.50. The molecule has 7 heteroatoms. The van der Waals surface area contributed by atoms with Crippen LogP contribution in [0.4, 0.5) is 10.5 Å². The number of nitrogens with one attached hydrogen (secondary N) is 1. The second kappa shape index (κ2) is 4.29. The molecule has 1 heterocycles. The second-order valence-electron chi connectivity index (χ2n) is 3.02. The molecule has 1 aliphatic rings. The predicted octanol–water partition coefficient (Wildman–Crippen LogP) is 1.98. The van der Waals surface area contributed by atoms with E-state index < -0.39 is 11.9 Å². The fraction of sp³-hybridized carbons (Fsp3) is 0.111. The van der Waals surface area contributed by atoms with Crippen LogP contribution in [0.1, 0.15) is 0 Å². The monoisotopic (exact) mass is 260 g/mol. The number of carbonyl (C=O) groups excluding carboxylic acids is 2. The molecule has 0 bridgehead atoms. The largest absolute Gasteiger partial charge is 0.352 e. The summed E-state index contributed by atoms with van der Waals surface area (Å²) in [4.78, 5) is 27.2. The van der Waals surface area contributed by atoms with Gasteiger partial charge in [-0.1, -0.05) is 23.2 Å². The number of amides is 3. The Morgan fingerprint density at radius 1 is 1.25 bits per heavy atom. The third-order valence-corrected chi connectivity index (χ3v) is 2.63. The zero-order chi connectivity index (χ0) is 11.7. The molecule has 0 saturated carbocycles. The number of anilines is 1. The number of rotatable bonds is 1. The molecule has 0 radical (unpaired) electrons. The Balaban J connectivity index is 2.27. The van der Waals surface area contributed by atoms with Crippen LogP contribution in [0.2, 0.25) is 10.0 Å². The molecule has 1 saturated heterocycles. The Morgan fingerprint density at radius 2 is 2.00 bits per heavy atom. The first-order valence-electron chi connectivity index (χ1n) is 4.30. The maximum Gasteiger partial charge on any atom is 0.352 e. The average Bonchev–Trinajstić information content (AvgIpc) is 2.22. The molecule has 0 atom stereocenters. The number of halogens is 2. The number of imide groups is 1. The summed E-state index contributed by atoms with van der Waals surface area (Å²) >= 11 is 11.5. The van der Waals surface area contributed by atoms with Crippen molar-refractivity contribution in [3.63, 3.8) is 0 Å². The molecule has 3 amide bonds. The number of nitrogens with zero attached hydrogens (tertiary/aromatic N) is 1. The fourth-order valence-electron chi connectivity index (χ4n) is 1.19. The summed E-state index contributed by atoms with van der Waals surface area (Å²) < 4.78 is 0. The van der Waals surface area contributed by atoms with Crippen molar-refractivity contribution in [1.82, 2.24) is 5.32 Å². The van der Waals surface area contributed by atoms with Crippen LogP contribution in [0.15, 0.2) is 18.2 Å². The number of hydrogen-bond acceptors (Lipinski definition) is 3. The molecule has 5 nitrogen and oxygen atoms in total. The molecule has 84 valence electrons. The van der Waals surface area contributed by atoms with Gasteiger partial charge in [-0.2, -0.15) is 5.06 Å². The standard InChI is InChI=1S/C9H6Cl2N2O3/c10-6-2-1-5(3-7(6)11)13-9(15)12-8(14)4-16-13/h1-3H,4H2,(H,12,14,15). The van der Waals surface area contributed by atoms with Crippen LogP contribution in [0.5, 0.6) is 0 Å². The molecule has 2 rings (SSSR count). The van der Waals surface area contributed by atoms with E-state index in [1.165, 1.54) is 12.1 Å². The summed E-state index contributed by atoms with van der Waals surface area (Å²) in [5.74, 6) is -0.485. The Labute approximate surface area is 101 Å². The van der Waals surface area contributed by atoms with Crippen LogP contribution >= 0.6 is 23.2 Å². The molecular weight excluding hydrogens is 255 g/mol. The first-order valence-corrected chi connectivity index (χ1v) is 5.05. The molecule has 0 unspecified atom stereocenters. The summed E-state index contributed by atoms with van der Waals surface area (Å²) in [6.07, 6.45) is 0. The molecule has 1 fully saturated rings. The Morgan fingerprint density at radius 3 is 2.62 bits per heavy atom. The Hall–Kier alpha value is -1.30. The van der Waals surface area contributed by atoms with Gasteiger partial charge in [-0.05, 0) is 18.2 Å². The lowest BCUT2D eigenvalue weighted by molar-refractivity contribution is -0.126. The SMILES string of the molecule is O=C1CON(c2ccc(Cl)c(Cl)c2)C(=O)N1. The first-order chi connectivity index (χ1) is 7.58.